The molecule has 2 N–H and O–H groups in total. The summed E-state index contributed by atoms with van der Waals surface area (Å²) in [4.78, 5) is 3.18. The van der Waals surface area contributed by atoms with Gasteiger partial charge in [-0.15, -0.1) is 0 Å². The topological polar surface area (TPSA) is 27.8 Å². The van der Waals surface area contributed by atoms with E-state index in [4.69, 9.17) is 23.2 Å². The molecule has 0 bridgehead atoms. The molecule has 96 valence electrons. The third kappa shape index (κ3) is 2.55. The fourth-order valence-corrected chi connectivity index (χ4v) is 2.42. The predicted octanol–water partition coefficient (Wildman–Crippen LogP) is 5.09. The molecule has 0 aliphatic carbocycles. The van der Waals surface area contributed by atoms with E-state index in [1.807, 2.05) is 18.3 Å². The van der Waals surface area contributed by atoms with Gasteiger partial charge in [-0.05, 0) is 41.3 Å². The standard InChI is InChI=1S/C15H12Cl2N2/c16-12-2-1-3-14(15(12)17)19-9-10-4-5-13-11(8-10)6-7-18-13/h1-8,18-19H,9H2. The Morgan fingerprint density at radius 1 is 1.05 bits per heavy atom. The first-order valence-corrected chi connectivity index (χ1v) is 6.73. The van der Waals surface area contributed by atoms with E-state index in [1.165, 1.54) is 10.9 Å². The molecule has 0 aliphatic heterocycles. The summed E-state index contributed by atoms with van der Waals surface area (Å²) in [5, 5.41) is 5.63. The summed E-state index contributed by atoms with van der Waals surface area (Å²) in [6.07, 6.45) is 1.94. The normalized spacial score (nSPS) is 10.8. The fraction of sp³-hybridized carbons (Fsp3) is 0.0667. The van der Waals surface area contributed by atoms with Crippen molar-refractivity contribution < 1.29 is 0 Å². The van der Waals surface area contributed by atoms with E-state index >= 15 is 0 Å². The minimum Gasteiger partial charge on any atom is -0.380 e. The Bertz CT molecular complexity index is 719. The van der Waals surface area contributed by atoms with E-state index in [9.17, 15) is 0 Å². The Morgan fingerprint density at radius 3 is 2.84 bits per heavy atom. The van der Waals surface area contributed by atoms with Crippen LogP contribution in [0.25, 0.3) is 10.9 Å². The molecule has 19 heavy (non-hydrogen) atoms. The van der Waals surface area contributed by atoms with Gasteiger partial charge in [-0.3, -0.25) is 0 Å². The molecule has 0 fully saturated rings. The van der Waals surface area contributed by atoms with Crippen molar-refractivity contribution in [2.45, 2.75) is 6.54 Å². The van der Waals surface area contributed by atoms with E-state index in [0.717, 1.165) is 11.2 Å². The van der Waals surface area contributed by atoms with E-state index < -0.39 is 0 Å². The van der Waals surface area contributed by atoms with Crippen LogP contribution in [-0.4, -0.2) is 4.98 Å². The molecule has 0 atom stereocenters. The van der Waals surface area contributed by atoms with Crippen LogP contribution in [0.4, 0.5) is 5.69 Å². The third-order valence-electron chi connectivity index (χ3n) is 3.05. The van der Waals surface area contributed by atoms with Crippen LogP contribution >= 0.6 is 23.2 Å². The first kappa shape index (κ1) is 12.4. The highest BCUT2D eigenvalue weighted by Crippen LogP contribution is 2.29. The van der Waals surface area contributed by atoms with E-state index in [1.54, 1.807) is 6.07 Å². The maximum atomic E-state index is 6.14. The highest BCUT2D eigenvalue weighted by atomic mass is 35.5. The van der Waals surface area contributed by atoms with Crippen molar-refractivity contribution in [1.29, 1.82) is 0 Å². The predicted molar refractivity (Wildman–Crippen MR) is 82.1 cm³/mol. The molecule has 1 aromatic heterocycles. The summed E-state index contributed by atoms with van der Waals surface area (Å²) in [6, 6.07) is 14.0. The summed E-state index contributed by atoms with van der Waals surface area (Å²) in [5.74, 6) is 0. The van der Waals surface area contributed by atoms with Gasteiger partial charge in [0.15, 0.2) is 0 Å². The van der Waals surface area contributed by atoms with Crippen molar-refractivity contribution in [1.82, 2.24) is 4.98 Å². The first-order chi connectivity index (χ1) is 9.24. The van der Waals surface area contributed by atoms with Gasteiger partial charge in [0.25, 0.3) is 0 Å². The Labute approximate surface area is 121 Å². The quantitative estimate of drug-likeness (QED) is 0.691. The van der Waals surface area contributed by atoms with Crippen LogP contribution in [0.1, 0.15) is 5.56 Å². The minimum absolute atomic E-state index is 0.562. The smallest absolute Gasteiger partial charge is 0.0823 e. The van der Waals surface area contributed by atoms with Gasteiger partial charge in [0.1, 0.15) is 0 Å². The van der Waals surface area contributed by atoms with Gasteiger partial charge in [0, 0.05) is 18.3 Å². The van der Waals surface area contributed by atoms with E-state index in [-0.39, 0.29) is 0 Å². The second kappa shape index (κ2) is 5.16. The lowest BCUT2D eigenvalue weighted by molar-refractivity contribution is 1.15. The lowest BCUT2D eigenvalue weighted by Crippen LogP contribution is -1.99. The maximum absolute atomic E-state index is 6.14. The highest BCUT2D eigenvalue weighted by molar-refractivity contribution is 6.43. The number of fused-ring (bicyclic) bond motifs is 1. The molecule has 4 heteroatoms. The second-order valence-corrected chi connectivity index (χ2v) is 5.14. The molecule has 0 unspecified atom stereocenters. The Balaban J connectivity index is 1.80. The van der Waals surface area contributed by atoms with Crippen LogP contribution in [0.5, 0.6) is 0 Å². The number of H-pyrrole nitrogens is 1. The van der Waals surface area contributed by atoms with Crippen LogP contribution in [-0.2, 0) is 6.54 Å². The summed E-state index contributed by atoms with van der Waals surface area (Å²) >= 11 is 12.1. The number of hydrogen-bond donors (Lipinski definition) is 2. The fourth-order valence-electron chi connectivity index (χ4n) is 2.05. The van der Waals surface area contributed by atoms with Crippen molar-refractivity contribution in [3.63, 3.8) is 0 Å². The molecular formula is C15H12Cl2N2. The number of anilines is 1. The Kier molecular flexibility index (Phi) is 3.36. The second-order valence-electron chi connectivity index (χ2n) is 4.35. The molecule has 0 saturated carbocycles. The van der Waals surface area contributed by atoms with Crippen molar-refractivity contribution in [3.05, 3.63) is 64.3 Å². The van der Waals surface area contributed by atoms with E-state index in [0.29, 0.717) is 16.6 Å². The molecule has 3 rings (SSSR count). The minimum atomic E-state index is 0.562. The number of benzene rings is 2. The number of aromatic amines is 1. The summed E-state index contributed by atoms with van der Waals surface area (Å²) in [7, 11) is 0. The zero-order valence-corrected chi connectivity index (χ0v) is 11.6. The average molecular weight is 291 g/mol. The molecule has 2 aromatic carbocycles. The number of aromatic nitrogens is 1. The molecule has 3 aromatic rings. The van der Waals surface area contributed by atoms with Crippen LogP contribution in [0, 0.1) is 0 Å². The van der Waals surface area contributed by atoms with Gasteiger partial charge in [-0.2, -0.15) is 0 Å². The van der Waals surface area contributed by atoms with Crippen LogP contribution in [0.15, 0.2) is 48.7 Å². The average Bonchev–Trinajstić information content (AvgIpc) is 2.88. The molecule has 1 heterocycles. The van der Waals surface area contributed by atoms with Crippen LogP contribution in [0.3, 0.4) is 0 Å². The molecule has 0 aliphatic rings. The molecule has 0 radical (unpaired) electrons. The summed E-state index contributed by atoms with van der Waals surface area (Å²) < 4.78 is 0. The number of hydrogen-bond acceptors (Lipinski definition) is 1. The molecule has 0 saturated heterocycles. The molecule has 0 spiro atoms. The number of halogens is 2. The van der Waals surface area contributed by atoms with Gasteiger partial charge in [-0.1, -0.05) is 35.3 Å². The highest BCUT2D eigenvalue weighted by Gasteiger charge is 2.04. The maximum Gasteiger partial charge on any atom is 0.0823 e. The number of rotatable bonds is 3. The zero-order valence-electron chi connectivity index (χ0n) is 10.1. The van der Waals surface area contributed by atoms with Crippen molar-refractivity contribution in [3.8, 4) is 0 Å². The number of nitrogens with one attached hydrogen (secondary N) is 2. The van der Waals surface area contributed by atoms with Crippen molar-refractivity contribution in [2.24, 2.45) is 0 Å². The Hall–Kier alpha value is -1.64. The lowest BCUT2D eigenvalue weighted by atomic mass is 10.1. The lowest BCUT2D eigenvalue weighted by Gasteiger charge is -2.09. The van der Waals surface area contributed by atoms with E-state index in [2.05, 4.69) is 34.6 Å². The summed E-state index contributed by atoms with van der Waals surface area (Å²) in [6.45, 7) is 0.710. The summed E-state index contributed by atoms with van der Waals surface area (Å²) in [5.41, 5.74) is 3.19. The monoisotopic (exact) mass is 290 g/mol. The van der Waals surface area contributed by atoms with Gasteiger partial charge in [0.2, 0.25) is 0 Å². The van der Waals surface area contributed by atoms with Gasteiger partial charge >= 0.3 is 0 Å². The SMILES string of the molecule is Clc1cccc(NCc2ccc3[nH]ccc3c2)c1Cl. The molecular weight excluding hydrogens is 279 g/mol. The largest absolute Gasteiger partial charge is 0.380 e. The molecule has 2 nitrogen and oxygen atoms in total. The Morgan fingerprint density at radius 2 is 1.95 bits per heavy atom. The third-order valence-corrected chi connectivity index (χ3v) is 3.87. The van der Waals surface area contributed by atoms with Crippen LogP contribution in [0.2, 0.25) is 10.0 Å². The van der Waals surface area contributed by atoms with Gasteiger partial charge in [-0.25, -0.2) is 0 Å². The van der Waals surface area contributed by atoms with Crippen molar-refractivity contribution >= 4 is 39.8 Å². The van der Waals surface area contributed by atoms with Crippen LogP contribution < -0.4 is 5.32 Å². The van der Waals surface area contributed by atoms with Crippen molar-refractivity contribution in [2.75, 3.05) is 5.32 Å². The van der Waals surface area contributed by atoms with Gasteiger partial charge < -0.3 is 10.3 Å². The zero-order chi connectivity index (χ0) is 13.2. The van der Waals surface area contributed by atoms with Gasteiger partial charge in [0.05, 0.1) is 15.7 Å². The molecule has 0 amide bonds. The first-order valence-electron chi connectivity index (χ1n) is 5.98.